The molecule has 1 aliphatic rings. The number of carbonyl (C=O) groups excluding carboxylic acids is 1. The minimum Gasteiger partial charge on any atom is -0.394 e. The van der Waals surface area contributed by atoms with Crippen molar-refractivity contribution in [2.24, 2.45) is 0 Å². The maximum absolute atomic E-state index is 11.7. The van der Waals surface area contributed by atoms with Gasteiger partial charge in [-0.25, -0.2) is 4.79 Å². The lowest BCUT2D eigenvalue weighted by atomic mass is 10.1. The van der Waals surface area contributed by atoms with Crippen LogP contribution in [0.2, 0.25) is 0 Å². The third-order valence-corrected chi connectivity index (χ3v) is 3.05. The Morgan fingerprint density at radius 1 is 1.55 bits per heavy atom. The van der Waals surface area contributed by atoms with Crippen LogP contribution in [-0.2, 0) is 9.53 Å². The van der Waals surface area contributed by atoms with Crippen LogP contribution in [0.15, 0.2) is 21.9 Å². The summed E-state index contributed by atoms with van der Waals surface area (Å²) in [5.74, 6) is -0.418. The van der Waals surface area contributed by atoms with Gasteiger partial charge in [0.15, 0.2) is 6.23 Å². The number of hydrogen-bond donors (Lipinski definition) is 4. The molecule has 0 spiro atoms. The second kappa shape index (κ2) is 5.57. The van der Waals surface area contributed by atoms with E-state index < -0.39 is 48.2 Å². The quantitative estimate of drug-likeness (QED) is 0.477. The van der Waals surface area contributed by atoms with Crippen molar-refractivity contribution in [1.82, 2.24) is 14.9 Å². The fourth-order valence-electron chi connectivity index (χ4n) is 2.15. The second-order valence-corrected chi connectivity index (χ2v) is 4.48. The summed E-state index contributed by atoms with van der Waals surface area (Å²) >= 11 is 0. The summed E-state index contributed by atoms with van der Waals surface area (Å²) < 4.78 is 6.41. The van der Waals surface area contributed by atoms with E-state index in [2.05, 4.69) is 10.3 Å². The first-order valence-electron chi connectivity index (χ1n) is 5.97. The number of hydrogen-bond acceptors (Lipinski definition) is 6. The molecule has 1 amide bonds. The third kappa shape index (κ3) is 2.64. The number of amides is 1. The number of aliphatic hydroxyl groups excluding tert-OH is 2. The average molecular weight is 285 g/mol. The molecular weight excluding hydrogens is 270 g/mol. The number of H-pyrrole nitrogens is 1. The number of nitrogens with zero attached hydrogens (tertiary/aromatic N) is 1. The van der Waals surface area contributed by atoms with Gasteiger partial charge in [-0.15, -0.1) is 0 Å². The van der Waals surface area contributed by atoms with E-state index in [0.717, 1.165) is 10.6 Å². The van der Waals surface area contributed by atoms with Gasteiger partial charge in [0.1, 0.15) is 18.2 Å². The van der Waals surface area contributed by atoms with Crippen LogP contribution < -0.4 is 16.6 Å². The summed E-state index contributed by atoms with van der Waals surface area (Å²) in [6, 6.07) is 0.210. The SMILES string of the molecule is CC(=O)N[C@@H]1[C@H](O)[C@@H](CO)O[C@H]1n1ccc(=O)[nH]c1=O. The van der Waals surface area contributed by atoms with E-state index in [9.17, 15) is 19.5 Å². The summed E-state index contributed by atoms with van der Waals surface area (Å²) in [7, 11) is 0. The molecule has 0 radical (unpaired) electrons. The Kier molecular flexibility index (Phi) is 4.02. The van der Waals surface area contributed by atoms with Gasteiger partial charge < -0.3 is 20.3 Å². The maximum Gasteiger partial charge on any atom is 0.330 e. The molecule has 1 saturated heterocycles. The topological polar surface area (TPSA) is 134 Å². The van der Waals surface area contributed by atoms with Crippen LogP contribution in [0.3, 0.4) is 0 Å². The molecule has 1 aliphatic heterocycles. The second-order valence-electron chi connectivity index (χ2n) is 4.48. The van der Waals surface area contributed by atoms with Gasteiger partial charge in [-0.3, -0.25) is 19.1 Å². The summed E-state index contributed by atoms with van der Waals surface area (Å²) in [5, 5.41) is 21.6. The zero-order valence-electron chi connectivity index (χ0n) is 10.6. The molecule has 1 fully saturated rings. The van der Waals surface area contributed by atoms with Crippen LogP contribution in [0.5, 0.6) is 0 Å². The van der Waals surface area contributed by atoms with E-state index in [-0.39, 0.29) is 0 Å². The maximum atomic E-state index is 11.7. The molecule has 0 aliphatic carbocycles. The van der Waals surface area contributed by atoms with E-state index in [1.165, 1.54) is 13.1 Å². The molecule has 0 aromatic carbocycles. The van der Waals surface area contributed by atoms with Crippen molar-refractivity contribution in [3.05, 3.63) is 33.1 Å². The predicted molar refractivity (Wildman–Crippen MR) is 65.9 cm³/mol. The van der Waals surface area contributed by atoms with Gasteiger partial charge in [-0.05, 0) is 0 Å². The van der Waals surface area contributed by atoms with E-state index in [1.54, 1.807) is 0 Å². The number of rotatable bonds is 3. The highest BCUT2D eigenvalue weighted by Crippen LogP contribution is 2.27. The molecule has 1 aromatic heterocycles. The monoisotopic (exact) mass is 285 g/mol. The molecule has 0 saturated carbocycles. The van der Waals surface area contributed by atoms with Crippen molar-refractivity contribution >= 4 is 5.91 Å². The zero-order valence-corrected chi connectivity index (χ0v) is 10.6. The predicted octanol–water partition coefficient (Wildman–Crippen LogP) is -2.71. The molecule has 1 aromatic rings. The Bertz CT molecular complexity index is 609. The molecule has 2 heterocycles. The molecule has 0 bridgehead atoms. The van der Waals surface area contributed by atoms with Crippen molar-refractivity contribution in [1.29, 1.82) is 0 Å². The number of ether oxygens (including phenoxy) is 1. The zero-order chi connectivity index (χ0) is 14.9. The first-order valence-corrected chi connectivity index (χ1v) is 5.97. The van der Waals surface area contributed by atoms with Crippen LogP contribution in [0.1, 0.15) is 13.2 Å². The minimum absolute atomic E-state index is 0.418. The largest absolute Gasteiger partial charge is 0.394 e. The van der Waals surface area contributed by atoms with E-state index in [0.29, 0.717) is 0 Å². The van der Waals surface area contributed by atoms with Crippen LogP contribution in [0, 0.1) is 0 Å². The van der Waals surface area contributed by atoms with E-state index in [4.69, 9.17) is 9.84 Å². The van der Waals surface area contributed by atoms with Gasteiger partial charge in [0.25, 0.3) is 5.56 Å². The summed E-state index contributed by atoms with van der Waals surface area (Å²) in [5.41, 5.74) is -1.30. The lowest BCUT2D eigenvalue weighted by Gasteiger charge is -2.22. The molecule has 2 rings (SSSR count). The lowest BCUT2D eigenvalue weighted by molar-refractivity contribution is -0.121. The minimum atomic E-state index is -1.17. The number of aromatic amines is 1. The highest BCUT2D eigenvalue weighted by molar-refractivity contribution is 5.73. The Hall–Kier alpha value is -1.97. The van der Waals surface area contributed by atoms with E-state index >= 15 is 0 Å². The lowest BCUT2D eigenvalue weighted by Crippen LogP contribution is -2.47. The molecule has 0 unspecified atom stereocenters. The Balaban J connectivity index is 2.39. The van der Waals surface area contributed by atoms with Crippen molar-refractivity contribution in [2.45, 2.75) is 31.4 Å². The Morgan fingerprint density at radius 2 is 2.25 bits per heavy atom. The van der Waals surface area contributed by atoms with Crippen molar-refractivity contribution in [2.75, 3.05) is 6.61 Å². The molecule has 9 nitrogen and oxygen atoms in total. The molecule has 4 N–H and O–H groups in total. The van der Waals surface area contributed by atoms with Crippen molar-refractivity contribution < 1.29 is 19.7 Å². The fourth-order valence-corrected chi connectivity index (χ4v) is 2.15. The average Bonchev–Trinajstić information content (AvgIpc) is 2.66. The van der Waals surface area contributed by atoms with Gasteiger partial charge in [-0.2, -0.15) is 0 Å². The number of nitrogens with one attached hydrogen (secondary N) is 2. The van der Waals surface area contributed by atoms with Crippen LogP contribution in [0.4, 0.5) is 0 Å². The highest BCUT2D eigenvalue weighted by Gasteiger charge is 2.45. The Morgan fingerprint density at radius 3 is 2.80 bits per heavy atom. The van der Waals surface area contributed by atoms with Crippen molar-refractivity contribution in [3.63, 3.8) is 0 Å². The molecule has 9 heteroatoms. The normalized spacial score (nSPS) is 29.4. The van der Waals surface area contributed by atoms with Crippen LogP contribution >= 0.6 is 0 Å². The smallest absolute Gasteiger partial charge is 0.330 e. The molecule has 4 atom stereocenters. The van der Waals surface area contributed by atoms with Crippen LogP contribution in [0.25, 0.3) is 0 Å². The molecule has 110 valence electrons. The highest BCUT2D eigenvalue weighted by atomic mass is 16.5. The van der Waals surface area contributed by atoms with Gasteiger partial charge in [0, 0.05) is 19.2 Å². The molecular formula is C11H15N3O6. The van der Waals surface area contributed by atoms with Gasteiger partial charge in [0.05, 0.1) is 6.61 Å². The van der Waals surface area contributed by atoms with Crippen molar-refractivity contribution in [3.8, 4) is 0 Å². The first-order chi connectivity index (χ1) is 9.43. The Labute approximate surface area is 112 Å². The summed E-state index contributed by atoms with van der Waals surface area (Å²) in [4.78, 5) is 36.0. The van der Waals surface area contributed by atoms with Gasteiger partial charge in [-0.1, -0.05) is 0 Å². The molecule has 20 heavy (non-hydrogen) atoms. The fraction of sp³-hybridized carbons (Fsp3) is 0.545. The first kappa shape index (κ1) is 14.4. The van der Waals surface area contributed by atoms with Crippen LogP contribution in [-0.4, -0.2) is 50.5 Å². The number of aliphatic hydroxyl groups is 2. The third-order valence-electron chi connectivity index (χ3n) is 3.05. The summed E-state index contributed by atoms with van der Waals surface area (Å²) in [6.45, 7) is 0.789. The standard InChI is InChI=1S/C11H15N3O6/c1-5(16)12-8-9(18)6(4-15)20-10(8)14-3-2-7(17)13-11(14)19/h2-3,6,8-10,15,18H,4H2,1H3,(H,12,16)(H,13,17,19)/t6-,8-,9-,10-/m1/s1. The van der Waals surface area contributed by atoms with Gasteiger partial charge >= 0.3 is 5.69 Å². The van der Waals surface area contributed by atoms with E-state index in [1.807, 2.05) is 0 Å². The summed E-state index contributed by atoms with van der Waals surface area (Å²) in [6.07, 6.45) is -1.92. The number of carbonyl (C=O) groups is 1. The number of aromatic nitrogens is 2. The van der Waals surface area contributed by atoms with Gasteiger partial charge in [0.2, 0.25) is 5.91 Å².